The number of carbonyl (C=O) groups is 1. The number of esters is 1. The molecule has 6 heteroatoms. The number of nitro groups is 1. The van der Waals surface area contributed by atoms with E-state index in [0.717, 1.165) is 15.6 Å². The topological polar surface area (TPSA) is 69.4 Å². The summed E-state index contributed by atoms with van der Waals surface area (Å²) < 4.78 is 6.06. The van der Waals surface area contributed by atoms with E-state index in [-0.39, 0.29) is 17.4 Å². The van der Waals surface area contributed by atoms with E-state index >= 15 is 0 Å². The predicted octanol–water partition coefficient (Wildman–Crippen LogP) is 4.86. The Kier molecular flexibility index (Phi) is 6.06. The molecule has 140 valence electrons. The highest BCUT2D eigenvalue weighted by Gasteiger charge is 2.47. The van der Waals surface area contributed by atoms with E-state index in [1.54, 1.807) is 6.92 Å². The van der Waals surface area contributed by atoms with Gasteiger partial charge in [0.2, 0.25) is 6.04 Å². The fraction of sp³-hybridized carbons (Fsp3) is 0.286. The van der Waals surface area contributed by atoms with Gasteiger partial charge in [0.15, 0.2) is 0 Å². The largest absolute Gasteiger partial charge is 0.463 e. The first-order valence-electron chi connectivity index (χ1n) is 8.84. The first-order chi connectivity index (χ1) is 13.0. The Labute approximate surface area is 166 Å². The monoisotopic (exact) mass is 429 g/mol. The number of ether oxygens (including phenoxy) is 1. The van der Waals surface area contributed by atoms with E-state index in [2.05, 4.69) is 15.9 Å². The molecule has 1 aliphatic rings. The first-order valence-corrected chi connectivity index (χ1v) is 9.63. The van der Waals surface area contributed by atoms with Crippen molar-refractivity contribution >= 4 is 21.9 Å². The minimum absolute atomic E-state index is 0.231. The van der Waals surface area contributed by atoms with Crippen LogP contribution in [0.25, 0.3) is 0 Å². The summed E-state index contributed by atoms with van der Waals surface area (Å²) in [5.74, 6) is -1.46. The summed E-state index contributed by atoms with van der Waals surface area (Å²) in [5, 5.41) is 12.1. The number of nitrogens with zero attached hydrogens (tertiary/aromatic N) is 1. The van der Waals surface area contributed by atoms with E-state index in [1.165, 1.54) is 0 Å². The standard InChI is InChI=1S/C21H20BrNO4/c1-2-27-21(24)18-13-12-17(14-6-4-3-5-7-14)20(23(25)26)19(18)15-8-10-16(22)11-9-15/h3-11,13,17,19-20H,2,12H2,1H3/t17-,19-,20-/m0/s1. The van der Waals surface area contributed by atoms with Crippen LogP contribution in [0.1, 0.15) is 36.3 Å². The van der Waals surface area contributed by atoms with E-state index in [4.69, 9.17) is 4.74 Å². The molecule has 3 rings (SSSR count). The van der Waals surface area contributed by atoms with Crippen LogP contribution >= 0.6 is 15.9 Å². The molecule has 0 spiro atoms. The Bertz CT molecular complexity index is 848. The molecule has 27 heavy (non-hydrogen) atoms. The van der Waals surface area contributed by atoms with Crippen molar-refractivity contribution in [2.45, 2.75) is 31.2 Å². The summed E-state index contributed by atoms with van der Waals surface area (Å²) in [7, 11) is 0. The minimum Gasteiger partial charge on any atom is -0.463 e. The maximum atomic E-state index is 12.5. The molecule has 0 N–H and O–H groups in total. The molecule has 0 saturated carbocycles. The highest BCUT2D eigenvalue weighted by atomic mass is 79.9. The Hall–Kier alpha value is -2.47. The van der Waals surface area contributed by atoms with Gasteiger partial charge in [-0.15, -0.1) is 0 Å². The van der Waals surface area contributed by atoms with Crippen molar-refractivity contribution in [1.82, 2.24) is 0 Å². The number of hydrogen-bond acceptors (Lipinski definition) is 4. The Morgan fingerprint density at radius 3 is 2.41 bits per heavy atom. The quantitative estimate of drug-likeness (QED) is 0.386. The molecule has 0 heterocycles. The maximum Gasteiger partial charge on any atom is 0.334 e. The molecule has 2 aromatic carbocycles. The number of allylic oxidation sites excluding steroid dienone is 1. The Balaban J connectivity index is 2.12. The van der Waals surface area contributed by atoms with Crippen molar-refractivity contribution < 1.29 is 14.5 Å². The van der Waals surface area contributed by atoms with Crippen LogP contribution in [-0.4, -0.2) is 23.5 Å². The van der Waals surface area contributed by atoms with Crippen LogP contribution in [-0.2, 0) is 9.53 Å². The van der Waals surface area contributed by atoms with Crippen LogP contribution in [0.4, 0.5) is 0 Å². The van der Waals surface area contributed by atoms with Gasteiger partial charge in [-0.2, -0.15) is 0 Å². The fourth-order valence-corrected chi connectivity index (χ4v) is 3.97. The minimum atomic E-state index is -0.946. The van der Waals surface area contributed by atoms with E-state index < -0.39 is 17.9 Å². The summed E-state index contributed by atoms with van der Waals surface area (Å²) in [4.78, 5) is 24.4. The summed E-state index contributed by atoms with van der Waals surface area (Å²) in [5.41, 5.74) is 2.01. The maximum absolute atomic E-state index is 12.5. The molecule has 1 aliphatic carbocycles. The molecule has 0 unspecified atom stereocenters. The third-order valence-electron chi connectivity index (χ3n) is 4.89. The lowest BCUT2D eigenvalue weighted by Gasteiger charge is -2.32. The summed E-state index contributed by atoms with van der Waals surface area (Å²) in [6.07, 6.45) is 2.24. The zero-order chi connectivity index (χ0) is 19.4. The van der Waals surface area contributed by atoms with Crippen molar-refractivity contribution in [3.8, 4) is 0 Å². The van der Waals surface area contributed by atoms with Gasteiger partial charge < -0.3 is 4.74 Å². The van der Waals surface area contributed by atoms with Crippen LogP contribution in [0.2, 0.25) is 0 Å². The molecular weight excluding hydrogens is 410 g/mol. The lowest BCUT2D eigenvalue weighted by atomic mass is 9.71. The average Bonchev–Trinajstić information content (AvgIpc) is 2.68. The molecule has 0 bridgehead atoms. The van der Waals surface area contributed by atoms with E-state index in [0.29, 0.717) is 12.0 Å². The van der Waals surface area contributed by atoms with Crippen LogP contribution < -0.4 is 0 Å². The van der Waals surface area contributed by atoms with Gasteiger partial charge in [-0.25, -0.2) is 4.79 Å². The highest BCUT2D eigenvalue weighted by Crippen LogP contribution is 2.43. The molecule has 3 atom stereocenters. The van der Waals surface area contributed by atoms with Crippen LogP contribution in [0.15, 0.2) is 70.7 Å². The molecule has 0 aliphatic heterocycles. The van der Waals surface area contributed by atoms with Gasteiger partial charge in [-0.05, 0) is 36.6 Å². The second kappa shape index (κ2) is 8.48. The average molecular weight is 430 g/mol. The van der Waals surface area contributed by atoms with E-state index in [9.17, 15) is 14.9 Å². The van der Waals surface area contributed by atoms with Gasteiger partial charge in [-0.3, -0.25) is 10.1 Å². The first kappa shape index (κ1) is 19.3. The molecule has 0 fully saturated rings. The van der Waals surface area contributed by atoms with Crippen LogP contribution in [0.5, 0.6) is 0 Å². The number of halogens is 1. The SMILES string of the molecule is CCOC(=O)C1=CC[C@@H](c2ccccc2)[C@H]([N+](=O)[O-])[C@H]1c1ccc(Br)cc1. The predicted molar refractivity (Wildman–Crippen MR) is 106 cm³/mol. The van der Waals surface area contributed by atoms with E-state index in [1.807, 2.05) is 60.7 Å². The number of hydrogen-bond donors (Lipinski definition) is 0. The summed E-state index contributed by atoms with van der Waals surface area (Å²) in [6, 6.07) is 15.8. The van der Waals surface area contributed by atoms with Crippen molar-refractivity contribution in [3.63, 3.8) is 0 Å². The molecular formula is C21H20BrNO4. The third kappa shape index (κ3) is 4.11. The van der Waals surface area contributed by atoms with Crippen LogP contribution in [0.3, 0.4) is 0 Å². The van der Waals surface area contributed by atoms with Gasteiger partial charge in [0.05, 0.1) is 18.4 Å². The lowest BCUT2D eigenvalue weighted by molar-refractivity contribution is -0.530. The smallest absolute Gasteiger partial charge is 0.334 e. The molecule has 0 amide bonds. The van der Waals surface area contributed by atoms with Crippen LogP contribution in [0, 0.1) is 10.1 Å². The summed E-state index contributed by atoms with van der Waals surface area (Å²) in [6.45, 7) is 1.96. The Morgan fingerprint density at radius 1 is 1.15 bits per heavy atom. The number of benzene rings is 2. The van der Waals surface area contributed by atoms with Crippen molar-refractivity contribution in [3.05, 3.63) is 92.0 Å². The zero-order valence-electron chi connectivity index (χ0n) is 14.9. The second-order valence-electron chi connectivity index (χ2n) is 6.44. The van der Waals surface area contributed by atoms with Gasteiger partial charge >= 0.3 is 5.97 Å². The lowest BCUT2D eigenvalue weighted by Crippen LogP contribution is -2.39. The second-order valence-corrected chi connectivity index (χ2v) is 7.35. The molecule has 5 nitrogen and oxygen atoms in total. The number of carbonyl (C=O) groups excluding carboxylic acids is 1. The zero-order valence-corrected chi connectivity index (χ0v) is 16.5. The van der Waals surface area contributed by atoms with Gasteiger partial charge in [0, 0.05) is 15.0 Å². The molecule has 0 radical (unpaired) electrons. The normalized spacial score (nSPS) is 22.0. The highest BCUT2D eigenvalue weighted by molar-refractivity contribution is 9.10. The summed E-state index contributed by atoms with van der Waals surface area (Å²) >= 11 is 3.39. The number of rotatable bonds is 5. The fourth-order valence-electron chi connectivity index (χ4n) is 3.71. The third-order valence-corrected chi connectivity index (χ3v) is 5.42. The van der Waals surface area contributed by atoms with Crippen molar-refractivity contribution in [2.24, 2.45) is 0 Å². The molecule has 0 saturated heterocycles. The van der Waals surface area contributed by atoms with Crippen molar-refractivity contribution in [2.75, 3.05) is 6.61 Å². The molecule has 0 aromatic heterocycles. The van der Waals surface area contributed by atoms with Crippen molar-refractivity contribution in [1.29, 1.82) is 0 Å². The van der Waals surface area contributed by atoms with Gasteiger partial charge in [-0.1, -0.05) is 64.5 Å². The molecule has 2 aromatic rings. The Morgan fingerprint density at radius 2 is 1.81 bits per heavy atom. The van der Waals surface area contributed by atoms with Gasteiger partial charge in [0.25, 0.3) is 0 Å². The van der Waals surface area contributed by atoms with Gasteiger partial charge in [0.1, 0.15) is 0 Å².